The summed E-state index contributed by atoms with van der Waals surface area (Å²) in [7, 11) is 0. The highest BCUT2D eigenvalue weighted by Gasteiger charge is 2.40. The summed E-state index contributed by atoms with van der Waals surface area (Å²) in [5.41, 5.74) is 0.821. The summed E-state index contributed by atoms with van der Waals surface area (Å²) in [6, 6.07) is 15.1. The second-order valence-electron chi connectivity index (χ2n) is 7.72. The molecule has 2 aromatic rings. The summed E-state index contributed by atoms with van der Waals surface area (Å²) in [5, 5.41) is 3.03. The number of hydrogen-bond acceptors (Lipinski definition) is 3. The van der Waals surface area contributed by atoms with Crippen molar-refractivity contribution in [1.29, 1.82) is 0 Å². The number of benzene rings is 2. The number of nitrogens with one attached hydrogen (secondary N) is 1. The lowest BCUT2D eigenvalue weighted by Crippen LogP contribution is -2.20. The van der Waals surface area contributed by atoms with Gasteiger partial charge in [-0.25, -0.2) is 0 Å². The van der Waals surface area contributed by atoms with Gasteiger partial charge >= 0.3 is 0 Å². The number of carbonyl (C=O) groups excluding carboxylic acids is 1. The molecule has 4 heteroatoms. The smallest absolute Gasteiger partial charge is 0.224 e. The van der Waals surface area contributed by atoms with Crippen LogP contribution in [0.1, 0.15) is 39.0 Å². The monoisotopic (exact) mass is 365 g/mol. The van der Waals surface area contributed by atoms with Gasteiger partial charge in [-0.1, -0.05) is 6.42 Å². The SMILES string of the molecule is CCOc1ccc(Oc2ccc(NC(=O)C[C@H]3C[C@@H]4CC[C@@H]3C4)cc2)cc1. The maximum Gasteiger partial charge on any atom is 0.224 e. The summed E-state index contributed by atoms with van der Waals surface area (Å²) in [4.78, 5) is 12.4. The van der Waals surface area contributed by atoms with Gasteiger partial charge in [-0.05, 0) is 92.5 Å². The second kappa shape index (κ2) is 8.03. The molecule has 2 aliphatic carbocycles. The van der Waals surface area contributed by atoms with Crippen molar-refractivity contribution in [3.8, 4) is 17.2 Å². The molecule has 2 aliphatic rings. The van der Waals surface area contributed by atoms with E-state index in [0.717, 1.165) is 34.8 Å². The summed E-state index contributed by atoms with van der Waals surface area (Å²) in [6.45, 7) is 2.61. The molecular weight excluding hydrogens is 338 g/mol. The molecule has 0 heterocycles. The minimum atomic E-state index is 0.132. The Kier molecular flexibility index (Phi) is 5.33. The molecule has 4 rings (SSSR count). The van der Waals surface area contributed by atoms with Crippen LogP contribution in [0.25, 0.3) is 0 Å². The third kappa shape index (κ3) is 4.44. The zero-order valence-corrected chi connectivity index (χ0v) is 15.8. The van der Waals surface area contributed by atoms with Crippen LogP contribution < -0.4 is 14.8 Å². The average molecular weight is 365 g/mol. The molecule has 0 radical (unpaired) electrons. The number of amides is 1. The molecule has 0 aliphatic heterocycles. The van der Waals surface area contributed by atoms with E-state index < -0.39 is 0 Å². The predicted octanol–water partition coefficient (Wildman–Crippen LogP) is 5.64. The molecule has 0 saturated heterocycles. The zero-order valence-electron chi connectivity index (χ0n) is 15.8. The molecule has 0 unspecified atom stereocenters. The lowest BCUT2D eigenvalue weighted by Gasteiger charge is -2.20. The Morgan fingerprint density at radius 3 is 2.22 bits per heavy atom. The van der Waals surface area contributed by atoms with Crippen LogP contribution in [0.2, 0.25) is 0 Å². The van der Waals surface area contributed by atoms with E-state index in [1.165, 1.54) is 25.7 Å². The van der Waals surface area contributed by atoms with Crippen molar-refractivity contribution in [2.45, 2.75) is 39.0 Å². The molecule has 2 saturated carbocycles. The van der Waals surface area contributed by atoms with Crippen molar-refractivity contribution in [3.05, 3.63) is 48.5 Å². The van der Waals surface area contributed by atoms with Crippen molar-refractivity contribution < 1.29 is 14.3 Å². The van der Waals surface area contributed by atoms with E-state index in [-0.39, 0.29) is 5.91 Å². The molecule has 0 aromatic heterocycles. The highest BCUT2D eigenvalue weighted by Crippen LogP contribution is 2.49. The predicted molar refractivity (Wildman–Crippen MR) is 106 cm³/mol. The number of rotatable bonds is 7. The normalized spacial score (nSPS) is 23.2. The third-order valence-corrected chi connectivity index (χ3v) is 5.84. The van der Waals surface area contributed by atoms with Crippen molar-refractivity contribution in [1.82, 2.24) is 0 Å². The zero-order chi connectivity index (χ0) is 18.6. The van der Waals surface area contributed by atoms with Gasteiger partial charge in [0.2, 0.25) is 5.91 Å². The molecule has 2 aromatic carbocycles. The maximum absolute atomic E-state index is 12.4. The van der Waals surface area contributed by atoms with Crippen LogP contribution in [0.5, 0.6) is 17.2 Å². The van der Waals surface area contributed by atoms with Crippen LogP contribution in [0.4, 0.5) is 5.69 Å². The molecule has 3 atom stereocenters. The van der Waals surface area contributed by atoms with Gasteiger partial charge in [-0.3, -0.25) is 4.79 Å². The number of anilines is 1. The summed E-state index contributed by atoms with van der Waals surface area (Å²) in [6.07, 6.45) is 5.94. The van der Waals surface area contributed by atoms with E-state index >= 15 is 0 Å². The van der Waals surface area contributed by atoms with Gasteiger partial charge in [0.1, 0.15) is 17.2 Å². The van der Waals surface area contributed by atoms with Gasteiger partial charge in [-0.2, -0.15) is 0 Å². The summed E-state index contributed by atoms with van der Waals surface area (Å²) >= 11 is 0. The molecule has 27 heavy (non-hydrogen) atoms. The Hall–Kier alpha value is -2.49. The first-order valence-electron chi connectivity index (χ1n) is 10.00. The molecular formula is C23H27NO3. The molecule has 1 N–H and O–H groups in total. The third-order valence-electron chi connectivity index (χ3n) is 5.84. The quantitative estimate of drug-likeness (QED) is 0.690. The first-order chi connectivity index (χ1) is 13.2. The maximum atomic E-state index is 12.4. The first kappa shape index (κ1) is 17.9. The van der Waals surface area contributed by atoms with Gasteiger partial charge in [-0.15, -0.1) is 0 Å². The fourth-order valence-corrected chi connectivity index (χ4v) is 4.59. The topological polar surface area (TPSA) is 47.6 Å². The van der Waals surface area contributed by atoms with E-state index in [0.29, 0.717) is 18.9 Å². The summed E-state index contributed by atoms with van der Waals surface area (Å²) in [5.74, 6) is 4.71. The van der Waals surface area contributed by atoms with Crippen LogP contribution in [-0.4, -0.2) is 12.5 Å². The van der Waals surface area contributed by atoms with Crippen molar-refractivity contribution in [3.63, 3.8) is 0 Å². The van der Waals surface area contributed by atoms with Crippen LogP contribution >= 0.6 is 0 Å². The molecule has 1 amide bonds. The minimum Gasteiger partial charge on any atom is -0.494 e. The molecule has 4 nitrogen and oxygen atoms in total. The Morgan fingerprint density at radius 2 is 1.63 bits per heavy atom. The molecule has 142 valence electrons. The highest BCUT2D eigenvalue weighted by atomic mass is 16.5. The highest BCUT2D eigenvalue weighted by molar-refractivity contribution is 5.90. The van der Waals surface area contributed by atoms with E-state index in [4.69, 9.17) is 9.47 Å². The van der Waals surface area contributed by atoms with Gasteiger partial charge in [0.05, 0.1) is 6.61 Å². The Labute approximate surface area is 160 Å². The summed E-state index contributed by atoms with van der Waals surface area (Å²) < 4.78 is 11.3. The van der Waals surface area contributed by atoms with Crippen LogP contribution in [0, 0.1) is 17.8 Å². The molecule has 0 spiro atoms. The lowest BCUT2D eigenvalue weighted by atomic mass is 9.86. The van der Waals surface area contributed by atoms with Crippen molar-refractivity contribution in [2.75, 3.05) is 11.9 Å². The van der Waals surface area contributed by atoms with Gasteiger partial charge in [0.25, 0.3) is 0 Å². The van der Waals surface area contributed by atoms with Crippen LogP contribution in [-0.2, 0) is 4.79 Å². The number of carbonyl (C=O) groups is 1. The standard InChI is InChI=1S/C23H27NO3/c1-2-26-20-9-11-22(12-10-20)27-21-7-5-19(6-8-21)24-23(25)15-18-14-16-3-4-17(18)13-16/h5-12,16-18H,2-4,13-15H2,1H3,(H,24,25)/t16-,17-,18-/m1/s1. The molecule has 2 fully saturated rings. The van der Waals surface area contributed by atoms with Gasteiger partial charge < -0.3 is 14.8 Å². The lowest BCUT2D eigenvalue weighted by molar-refractivity contribution is -0.117. The van der Waals surface area contributed by atoms with Crippen LogP contribution in [0.3, 0.4) is 0 Å². The fourth-order valence-electron chi connectivity index (χ4n) is 4.59. The Morgan fingerprint density at radius 1 is 0.963 bits per heavy atom. The van der Waals surface area contributed by atoms with E-state index in [9.17, 15) is 4.79 Å². The Balaban J connectivity index is 1.28. The molecule has 2 bridgehead atoms. The van der Waals surface area contributed by atoms with Gasteiger partial charge in [0, 0.05) is 12.1 Å². The van der Waals surface area contributed by atoms with Crippen molar-refractivity contribution in [2.24, 2.45) is 17.8 Å². The van der Waals surface area contributed by atoms with E-state index in [1.807, 2.05) is 55.5 Å². The number of hydrogen-bond donors (Lipinski definition) is 1. The fraction of sp³-hybridized carbons (Fsp3) is 0.435. The van der Waals surface area contributed by atoms with Crippen LogP contribution in [0.15, 0.2) is 48.5 Å². The largest absolute Gasteiger partial charge is 0.494 e. The van der Waals surface area contributed by atoms with Crippen molar-refractivity contribution >= 4 is 11.6 Å². The van der Waals surface area contributed by atoms with Gasteiger partial charge in [0.15, 0.2) is 0 Å². The second-order valence-corrected chi connectivity index (χ2v) is 7.72. The first-order valence-corrected chi connectivity index (χ1v) is 10.00. The number of ether oxygens (including phenoxy) is 2. The number of fused-ring (bicyclic) bond motifs is 2. The minimum absolute atomic E-state index is 0.132. The van der Waals surface area contributed by atoms with E-state index in [2.05, 4.69) is 5.32 Å². The average Bonchev–Trinajstić information content (AvgIpc) is 3.28. The Bertz CT molecular complexity index is 769. The van der Waals surface area contributed by atoms with E-state index in [1.54, 1.807) is 0 Å².